The molecular weight excluding hydrogens is 573 g/mol. The molecule has 0 unspecified atom stereocenters. The van der Waals surface area contributed by atoms with Gasteiger partial charge >= 0.3 is 0 Å². The number of hydrogen-bond acceptors (Lipinski definition) is 6. The molecule has 0 bridgehead atoms. The van der Waals surface area contributed by atoms with E-state index in [0.29, 0.717) is 11.5 Å². The molecule has 1 fully saturated rings. The lowest BCUT2D eigenvalue weighted by atomic mass is 9.95. The number of methoxy groups -OCH3 is 2. The number of nitrogens with zero attached hydrogens (tertiary/aromatic N) is 2. The molecule has 4 rings (SSSR count). The van der Waals surface area contributed by atoms with Crippen LogP contribution >= 0.6 is 0 Å². The van der Waals surface area contributed by atoms with Crippen molar-refractivity contribution in [2.45, 2.75) is 62.6 Å². The molecule has 1 atom stereocenters. The second-order valence-corrected chi connectivity index (χ2v) is 12.4. The fraction of sp³-hybridized carbons (Fsp3) is 0.375. The molecule has 1 aliphatic rings. The number of halogens is 1. The molecule has 3 aromatic carbocycles. The summed E-state index contributed by atoms with van der Waals surface area (Å²) < 4.78 is 52.9. The Hall–Kier alpha value is -4.12. The topological polar surface area (TPSA) is 105 Å². The zero-order chi connectivity index (χ0) is 31.0. The third-order valence-corrected chi connectivity index (χ3v) is 9.46. The van der Waals surface area contributed by atoms with Crippen molar-refractivity contribution in [3.8, 4) is 11.5 Å². The lowest BCUT2D eigenvalue weighted by Gasteiger charge is -2.33. The number of hydrogen-bond donors (Lipinski definition) is 1. The molecule has 9 nitrogen and oxygen atoms in total. The second kappa shape index (κ2) is 14.4. The van der Waals surface area contributed by atoms with Crippen LogP contribution in [0, 0.1) is 5.82 Å². The summed E-state index contributed by atoms with van der Waals surface area (Å²) in [7, 11) is -1.26. The number of carbonyl (C=O) groups is 2. The Bertz CT molecular complexity index is 1470. The Balaban J connectivity index is 1.67. The van der Waals surface area contributed by atoms with E-state index in [0.717, 1.165) is 54.1 Å². The van der Waals surface area contributed by atoms with E-state index in [1.54, 1.807) is 38.3 Å². The molecule has 0 spiro atoms. The number of benzene rings is 3. The van der Waals surface area contributed by atoms with E-state index in [1.807, 2.05) is 0 Å². The summed E-state index contributed by atoms with van der Waals surface area (Å²) >= 11 is 0. The quantitative estimate of drug-likeness (QED) is 0.312. The van der Waals surface area contributed by atoms with Crippen LogP contribution in [0.25, 0.3) is 0 Å². The summed E-state index contributed by atoms with van der Waals surface area (Å²) in [6.07, 6.45) is 4.95. The molecule has 43 heavy (non-hydrogen) atoms. The lowest BCUT2D eigenvalue weighted by Crippen LogP contribution is -2.53. The fourth-order valence-corrected chi connectivity index (χ4v) is 6.50. The highest BCUT2D eigenvalue weighted by atomic mass is 32.2. The fourth-order valence-electron chi connectivity index (χ4n) is 5.09. The normalized spacial score (nSPS) is 14.4. The predicted molar refractivity (Wildman–Crippen MR) is 162 cm³/mol. The van der Waals surface area contributed by atoms with Crippen LogP contribution in [-0.2, 0) is 26.2 Å². The van der Waals surface area contributed by atoms with E-state index in [-0.39, 0.29) is 29.1 Å². The van der Waals surface area contributed by atoms with Crippen molar-refractivity contribution in [2.75, 3.05) is 25.1 Å². The first-order valence-corrected chi connectivity index (χ1v) is 15.7. The Morgan fingerprint density at radius 1 is 0.884 bits per heavy atom. The van der Waals surface area contributed by atoms with Gasteiger partial charge in [0.05, 0.1) is 24.8 Å². The zero-order valence-corrected chi connectivity index (χ0v) is 25.5. The van der Waals surface area contributed by atoms with Crippen molar-refractivity contribution >= 4 is 27.5 Å². The van der Waals surface area contributed by atoms with E-state index in [1.165, 1.54) is 48.4 Å². The van der Waals surface area contributed by atoms with Crippen LogP contribution in [0.3, 0.4) is 0 Å². The Morgan fingerprint density at radius 2 is 1.44 bits per heavy atom. The summed E-state index contributed by atoms with van der Waals surface area (Å²) in [5, 5.41) is 3.08. The third kappa shape index (κ3) is 8.04. The second-order valence-electron chi connectivity index (χ2n) is 10.6. The van der Waals surface area contributed by atoms with Crippen LogP contribution in [0.15, 0.2) is 77.7 Å². The highest BCUT2D eigenvalue weighted by Gasteiger charge is 2.33. The molecule has 230 valence electrons. The van der Waals surface area contributed by atoms with E-state index >= 15 is 0 Å². The summed E-state index contributed by atoms with van der Waals surface area (Å²) in [5.41, 5.74) is 0.840. The minimum Gasteiger partial charge on any atom is -0.497 e. The summed E-state index contributed by atoms with van der Waals surface area (Å²) in [5.74, 6) is -0.348. The number of ether oxygens (including phenoxy) is 2. The van der Waals surface area contributed by atoms with Gasteiger partial charge in [-0.05, 0) is 86.0 Å². The molecule has 1 N–H and O–H groups in total. The summed E-state index contributed by atoms with van der Waals surface area (Å²) in [6.45, 7) is 1.08. The van der Waals surface area contributed by atoms with Gasteiger partial charge in [0, 0.05) is 12.6 Å². The average molecular weight is 612 g/mol. The van der Waals surface area contributed by atoms with Gasteiger partial charge in [0.15, 0.2) is 0 Å². The lowest BCUT2D eigenvalue weighted by molar-refractivity contribution is -0.139. The van der Waals surface area contributed by atoms with Crippen LogP contribution in [0.2, 0.25) is 0 Å². The number of anilines is 1. The van der Waals surface area contributed by atoms with Crippen LogP contribution in [-0.4, -0.2) is 58.0 Å². The molecule has 1 aliphatic carbocycles. The van der Waals surface area contributed by atoms with Crippen molar-refractivity contribution in [3.05, 3.63) is 84.2 Å². The van der Waals surface area contributed by atoms with Crippen LogP contribution in [0.1, 0.15) is 44.6 Å². The monoisotopic (exact) mass is 611 g/mol. The number of nitrogens with one attached hydrogen (secondary N) is 1. The predicted octanol–water partition coefficient (Wildman–Crippen LogP) is 4.90. The first-order chi connectivity index (χ1) is 20.6. The van der Waals surface area contributed by atoms with Gasteiger partial charge in [-0.2, -0.15) is 0 Å². The largest absolute Gasteiger partial charge is 0.497 e. The van der Waals surface area contributed by atoms with E-state index in [9.17, 15) is 22.4 Å². The third-order valence-electron chi connectivity index (χ3n) is 7.67. The maximum absolute atomic E-state index is 14.1. The standard InChI is InChI=1S/C32H38FN3O6S/c1-23(32(38)34-26-7-5-4-6-8-26)35(21-24-9-15-28(41-2)16-10-24)31(37)22-36(27-13-11-25(33)12-14-27)43(39,40)30-19-17-29(42-3)18-20-30/h9-20,23,26H,4-8,21-22H2,1-3H3,(H,34,38)/t23-/m1/s1. The van der Waals surface area contributed by atoms with Gasteiger partial charge in [-0.25, -0.2) is 12.8 Å². The molecule has 11 heteroatoms. The van der Waals surface area contributed by atoms with Crippen LogP contribution < -0.4 is 19.1 Å². The number of sulfonamides is 1. The molecule has 0 radical (unpaired) electrons. The van der Waals surface area contributed by atoms with Gasteiger partial charge in [-0.15, -0.1) is 0 Å². The van der Waals surface area contributed by atoms with Crippen molar-refractivity contribution < 1.29 is 31.9 Å². The Labute approximate surface area is 252 Å². The number of amides is 2. The van der Waals surface area contributed by atoms with Gasteiger partial charge < -0.3 is 19.7 Å². The van der Waals surface area contributed by atoms with Crippen LogP contribution in [0.4, 0.5) is 10.1 Å². The highest BCUT2D eigenvalue weighted by Crippen LogP contribution is 2.26. The van der Waals surface area contributed by atoms with Gasteiger partial charge in [0.2, 0.25) is 11.8 Å². The smallest absolute Gasteiger partial charge is 0.264 e. The molecule has 0 saturated heterocycles. The van der Waals surface area contributed by atoms with Gasteiger partial charge in [-0.1, -0.05) is 31.4 Å². The molecule has 2 amide bonds. The molecule has 3 aromatic rings. The maximum Gasteiger partial charge on any atom is 0.264 e. The average Bonchev–Trinajstić information content (AvgIpc) is 3.03. The number of rotatable bonds is 12. The minimum absolute atomic E-state index is 0.0350. The van der Waals surface area contributed by atoms with Crippen LogP contribution in [0.5, 0.6) is 11.5 Å². The molecule has 0 aliphatic heterocycles. The van der Waals surface area contributed by atoms with Crippen molar-refractivity contribution in [2.24, 2.45) is 0 Å². The maximum atomic E-state index is 14.1. The minimum atomic E-state index is -4.28. The molecular formula is C32H38FN3O6S. The summed E-state index contributed by atoms with van der Waals surface area (Å²) in [4.78, 5) is 28.8. The van der Waals surface area contributed by atoms with Gasteiger partial charge in [0.25, 0.3) is 10.0 Å². The first kappa shape index (κ1) is 31.8. The highest BCUT2D eigenvalue weighted by molar-refractivity contribution is 7.92. The molecule has 0 heterocycles. The number of carbonyl (C=O) groups excluding carboxylic acids is 2. The van der Waals surface area contributed by atoms with E-state index in [4.69, 9.17) is 9.47 Å². The SMILES string of the molecule is COc1ccc(CN(C(=O)CN(c2ccc(F)cc2)S(=O)(=O)c2ccc(OC)cc2)[C@H](C)C(=O)NC2CCCCC2)cc1. The van der Waals surface area contributed by atoms with Crippen molar-refractivity contribution in [3.63, 3.8) is 0 Å². The molecule has 1 saturated carbocycles. The van der Waals surface area contributed by atoms with Crippen molar-refractivity contribution in [1.29, 1.82) is 0 Å². The van der Waals surface area contributed by atoms with Gasteiger partial charge in [-0.3, -0.25) is 13.9 Å². The Morgan fingerprint density at radius 3 is 2.00 bits per heavy atom. The zero-order valence-electron chi connectivity index (χ0n) is 24.7. The van der Waals surface area contributed by atoms with E-state index in [2.05, 4.69) is 5.32 Å². The van der Waals surface area contributed by atoms with Crippen molar-refractivity contribution in [1.82, 2.24) is 10.2 Å². The first-order valence-electron chi connectivity index (χ1n) is 14.3. The van der Waals surface area contributed by atoms with E-state index < -0.39 is 34.3 Å². The van der Waals surface area contributed by atoms with Gasteiger partial charge in [0.1, 0.15) is 29.9 Å². The molecule has 0 aromatic heterocycles. The Kier molecular flexibility index (Phi) is 10.6. The summed E-state index contributed by atoms with van der Waals surface area (Å²) in [6, 6.07) is 16.9.